The minimum absolute atomic E-state index is 0.279. The molecule has 0 aliphatic heterocycles. The third-order valence-corrected chi connectivity index (χ3v) is 5.20. The number of aromatic nitrogens is 2. The number of imidazole rings is 1. The highest BCUT2D eigenvalue weighted by Gasteiger charge is 2.12. The van der Waals surface area contributed by atoms with Crippen molar-refractivity contribution in [1.82, 2.24) is 14.5 Å². The lowest BCUT2D eigenvalue weighted by atomic mass is 10.1. The first-order valence-electron chi connectivity index (χ1n) is 10.00. The van der Waals surface area contributed by atoms with E-state index in [1.807, 2.05) is 48.5 Å². The molecule has 5 heteroatoms. The van der Waals surface area contributed by atoms with Crippen LogP contribution < -0.4 is 0 Å². The van der Waals surface area contributed by atoms with Crippen LogP contribution in [0.25, 0.3) is 11.0 Å². The maximum absolute atomic E-state index is 12.2. The predicted molar refractivity (Wildman–Crippen MR) is 118 cm³/mol. The van der Waals surface area contributed by atoms with Crippen molar-refractivity contribution >= 4 is 17.1 Å². The van der Waals surface area contributed by atoms with Gasteiger partial charge in [-0.05, 0) is 28.8 Å². The highest BCUT2D eigenvalue weighted by molar-refractivity contribution is 5.75. The Morgan fingerprint density at radius 3 is 2.30 bits per heavy atom. The van der Waals surface area contributed by atoms with Crippen LogP contribution in [0.1, 0.15) is 22.5 Å². The predicted octanol–water partition coefficient (Wildman–Crippen LogP) is 4.93. The second-order valence-electron chi connectivity index (χ2n) is 7.47. The maximum Gasteiger partial charge on any atom is 0.410 e. The molecule has 0 aliphatic carbocycles. The van der Waals surface area contributed by atoms with Gasteiger partial charge in [0.15, 0.2) is 0 Å². The number of ether oxygens (including phenoxy) is 1. The van der Waals surface area contributed by atoms with Gasteiger partial charge in [0.2, 0.25) is 0 Å². The van der Waals surface area contributed by atoms with Gasteiger partial charge in [0, 0.05) is 27.1 Å². The van der Waals surface area contributed by atoms with Crippen LogP contribution in [0.15, 0.2) is 78.9 Å². The van der Waals surface area contributed by atoms with Gasteiger partial charge in [0.25, 0.3) is 0 Å². The van der Waals surface area contributed by atoms with Crippen LogP contribution in [0.4, 0.5) is 4.79 Å². The van der Waals surface area contributed by atoms with E-state index < -0.39 is 0 Å². The summed E-state index contributed by atoms with van der Waals surface area (Å²) < 4.78 is 7.52. The summed E-state index contributed by atoms with van der Waals surface area (Å²) in [5.41, 5.74) is 5.38. The average molecular weight is 399 g/mol. The topological polar surface area (TPSA) is 47.4 Å². The fourth-order valence-corrected chi connectivity index (χ4v) is 3.47. The number of hydrogen-bond acceptors (Lipinski definition) is 3. The second-order valence-corrected chi connectivity index (χ2v) is 7.47. The highest BCUT2D eigenvalue weighted by Crippen LogP contribution is 2.17. The molecule has 1 aromatic heterocycles. The highest BCUT2D eigenvalue weighted by atomic mass is 16.6. The number of aryl methyl sites for hydroxylation is 1. The van der Waals surface area contributed by atoms with E-state index in [4.69, 9.17) is 9.72 Å². The van der Waals surface area contributed by atoms with Crippen LogP contribution in [0, 0.1) is 0 Å². The Morgan fingerprint density at radius 2 is 1.57 bits per heavy atom. The van der Waals surface area contributed by atoms with E-state index >= 15 is 0 Å². The van der Waals surface area contributed by atoms with E-state index in [9.17, 15) is 4.79 Å². The van der Waals surface area contributed by atoms with Gasteiger partial charge in [0.1, 0.15) is 12.4 Å². The number of fused-ring (bicyclic) bond motifs is 1. The molecule has 3 aromatic carbocycles. The number of nitrogens with zero attached hydrogens (tertiary/aromatic N) is 3. The lowest BCUT2D eigenvalue weighted by Gasteiger charge is -2.17. The van der Waals surface area contributed by atoms with Gasteiger partial charge in [-0.15, -0.1) is 0 Å². The average Bonchev–Trinajstić information content (AvgIpc) is 3.09. The zero-order valence-electron chi connectivity index (χ0n) is 17.3. The number of benzene rings is 3. The van der Waals surface area contributed by atoms with Gasteiger partial charge >= 0.3 is 6.09 Å². The monoisotopic (exact) mass is 399 g/mol. The van der Waals surface area contributed by atoms with E-state index in [0.717, 1.165) is 34.4 Å². The molecule has 1 amide bonds. The Morgan fingerprint density at radius 1 is 0.900 bits per heavy atom. The summed E-state index contributed by atoms with van der Waals surface area (Å²) >= 11 is 0. The molecule has 4 rings (SSSR count). The number of rotatable bonds is 6. The van der Waals surface area contributed by atoms with Gasteiger partial charge in [-0.1, -0.05) is 66.7 Å². The molecular formula is C25H25N3O2. The molecule has 0 unspecified atom stereocenters. The minimum atomic E-state index is -0.331. The summed E-state index contributed by atoms with van der Waals surface area (Å²) in [6, 6.07) is 26.2. The first-order chi connectivity index (χ1) is 14.6. The molecule has 0 spiro atoms. The normalized spacial score (nSPS) is 10.9. The molecule has 4 aromatic rings. The van der Waals surface area contributed by atoms with Gasteiger partial charge in [-0.2, -0.15) is 0 Å². The van der Waals surface area contributed by atoms with E-state index in [-0.39, 0.29) is 12.7 Å². The SMILES string of the molecule is CN(Cc1ccc(Cc2nc3ccccc3n2C)cc1)C(=O)OCc1ccccc1. The van der Waals surface area contributed by atoms with Crippen molar-refractivity contribution in [2.75, 3.05) is 7.05 Å². The number of carbonyl (C=O) groups is 1. The van der Waals surface area contributed by atoms with Gasteiger partial charge in [-0.25, -0.2) is 9.78 Å². The molecule has 0 radical (unpaired) electrons. The molecule has 152 valence electrons. The number of carbonyl (C=O) groups excluding carboxylic acids is 1. The Kier molecular flexibility index (Phi) is 5.80. The van der Waals surface area contributed by atoms with Crippen LogP contribution in [-0.2, 0) is 31.4 Å². The van der Waals surface area contributed by atoms with Crippen LogP contribution in [0.3, 0.4) is 0 Å². The third kappa shape index (κ3) is 4.51. The summed E-state index contributed by atoms with van der Waals surface area (Å²) in [4.78, 5) is 18.6. The molecule has 30 heavy (non-hydrogen) atoms. The van der Waals surface area contributed by atoms with Crippen molar-refractivity contribution in [1.29, 1.82) is 0 Å². The zero-order chi connectivity index (χ0) is 20.9. The van der Waals surface area contributed by atoms with E-state index in [2.05, 4.69) is 41.9 Å². The fraction of sp³-hybridized carbons (Fsp3) is 0.200. The van der Waals surface area contributed by atoms with Gasteiger partial charge in [-0.3, -0.25) is 0 Å². The lowest BCUT2D eigenvalue weighted by Crippen LogP contribution is -2.26. The van der Waals surface area contributed by atoms with Crippen molar-refractivity contribution < 1.29 is 9.53 Å². The van der Waals surface area contributed by atoms with Gasteiger partial charge < -0.3 is 14.2 Å². The quantitative estimate of drug-likeness (QED) is 0.462. The Bertz CT molecular complexity index is 1130. The Hall–Kier alpha value is -3.60. The molecule has 0 atom stereocenters. The molecule has 0 aliphatic rings. The molecular weight excluding hydrogens is 374 g/mol. The van der Waals surface area contributed by atoms with Crippen LogP contribution in [0.5, 0.6) is 0 Å². The Labute approximate surface area is 176 Å². The van der Waals surface area contributed by atoms with Crippen molar-refractivity contribution in [3.8, 4) is 0 Å². The fourth-order valence-electron chi connectivity index (χ4n) is 3.47. The smallest absolute Gasteiger partial charge is 0.410 e. The largest absolute Gasteiger partial charge is 0.445 e. The third-order valence-electron chi connectivity index (χ3n) is 5.20. The summed E-state index contributed by atoms with van der Waals surface area (Å²) in [7, 11) is 3.80. The first kappa shape index (κ1) is 19.7. The van der Waals surface area contributed by atoms with E-state index in [0.29, 0.717) is 6.54 Å². The number of hydrogen-bond donors (Lipinski definition) is 0. The summed E-state index contributed by atoms with van der Waals surface area (Å²) in [6.45, 7) is 0.779. The van der Waals surface area contributed by atoms with E-state index in [1.165, 1.54) is 5.56 Å². The maximum atomic E-state index is 12.2. The van der Waals surface area contributed by atoms with Crippen molar-refractivity contribution in [2.45, 2.75) is 19.6 Å². The van der Waals surface area contributed by atoms with Crippen LogP contribution >= 0.6 is 0 Å². The zero-order valence-corrected chi connectivity index (χ0v) is 17.3. The molecule has 0 bridgehead atoms. The molecule has 0 fully saturated rings. The van der Waals surface area contributed by atoms with Crippen molar-refractivity contribution in [2.24, 2.45) is 7.05 Å². The lowest BCUT2D eigenvalue weighted by molar-refractivity contribution is 0.103. The number of para-hydroxylation sites is 2. The van der Waals surface area contributed by atoms with Gasteiger partial charge in [0.05, 0.1) is 11.0 Å². The van der Waals surface area contributed by atoms with E-state index in [1.54, 1.807) is 11.9 Å². The minimum Gasteiger partial charge on any atom is -0.445 e. The van der Waals surface area contributed by atoms with Crippen LogP contribution in [-0.4, -0.2) is 27.6 Å². The second kappa shape index (κ2) is 8.82. The van der Waals surface area contributed by atoms with Crippen LogP contribution in [0.2, 0.25) is 0 Å². The molecule has 5 nitrogen and oxygen atoms in total. The molecule has 1 heterocycles. The molecule has 0 N–H and O–H groups in total. The first-order valence-corrected chi connectivity index (χ1v) is 10.00. The number of amides is 1. The standard InChI is InChI=1S/C25H25N3O2/c1-27(25(29)30-18-21-8-4-3-5-9-21)17-20-14-12-19(13-15-20)16-24-26-22-10-6-7-11-23(22)28(24)2/h3-15H,16-18H2,1-2H3. The molecule has 0 saturated carbocycles. The summed E-state index contributed by atoms with van der Waals surface area (Å²) in [5, 5.41) is 0. The Balaban J connectivity index is 1.34. The summed E-state index contributed by atoms with van der Waals surface area (Å²) in [5.74, 6) is 1.03. The van der Waals surface area contributed by atoms with Crippen molar-refractivity contribution in [3.63, 3.8) is 0 Å². The molecule has 0 saturated heterocycles. The summed E-state index contributed by atoms with van der Waals surface area (Å²) in [6.07, 6.45) is 0.433. The van der Waals surface area contributed by atoms with Crippen molar-refractivity contribution in [3.05, 3.63) is 101 Å².